The van der Waals surface area contributed by atoms with Crippen LogP contribution >= 0.6 is 11.6 Å². The van der Waals surface area contributed by atoms with Crippen molar-refractivity contribution in [1.82, 2.24) is 0 Å². The van der Waals surface area contributed by atoms with Gasteiger partial charge in [0.2, 0.25) is 0 Å². The third-order valence-electron chi connectivity index (χ3n) is 3.76. The third kappa shape index (κ3) is 7.29. The molecule has 0 aliphatic rings. The molecule has 4 N–H and O–H groups in total. The number of benzene rings is 1. The molecule has 2 unspecified atom stereocenters. The van der Waals surface area contributed by atoms with E-state index in [2.05, 4.69) is 19.1 Å². The zero-order chi connectivity index (χ0) is 15.0. The molecule has 0 bridgehead atoms. The average Bonchev–Trinajstić information content (AvgIpc) is 2.43. The second-order valence-corrected chi connectivity index (χ2v) is 6.11. The SMILES string of the molecule is CC(CCB(O)O)CCC(CN)Cc1ccc(Cl)cc1. The first-order valence-corrected chi connectivity index (χ1v) is 7.69. The van der Waals surface area contributed by atoms with Crippen LogP contribution in [0.3, 0.4) is 0 Å². The molecule has 0 heterocycles. The summed E-state index contributed by atoms with van der Waals surface area (Å²) in [4.78, 5) is 0. The van der Waals surface area contributed by atoms with Gasteiger partial charge >= 0.3 is 7.12 Å². The molecule has 0 saturated heterocycles. The summed E-state index contributed by atoms with van der Waals surface area (Å²) in [7, 11) is -1.18. The fraction of sp³-hybridized carbons (Fsp3) is 0.600. The molecule has 0 spiro atoms. The Morgan fingerprint density at radius 2 is 1.80 bits per heavy atom. The Kier molecular flexibility index (Phi) is 8.23. The normalized spacial score (nSPS) is 14.1. The van der Waals surface area contributed by atoms with Gasteiger partial charge in [-0.3, -0.25) is 0 Å². The molecule has 0 aromatic heterocycles. The molecular weight excluding hydrogens is 272 g/mol. The molecule has 0 amide bonds. The summed E-state index contributed by atoms with van der Waals surface area (Å²) in [6.45, 7) is 2.83. The summed E-state index contributed by atoms with van der Waals surface area (Å²) in [6.07, 6.45) is 4.41. The van der Waals surface area contributed by atoms with Crippen LogP contribution in [0.4, 0.5) is 0 Å². The fourth-order valence-corrected chi connectivity index (χ4v) is 2.48. The first kappa shape index (κ1) is 17.5. The summed E-state index contributed by atoms with van der Waals surface area (Å²) in [5, 5.41) is 18.5. The highest BCUT2D eigenvalue weighted by atomic mass is 35.5. The van der Waals surface area contributed by atoms with Crippen molar-refractivity contribution in [3.63, 3.8) is 0 Å². The van der Waals surface area contributed by atoms with E-state index in [0.717, 1.165) is 30.7 Å². The molecule has 1 rings (SSSR count). The topological polar surface area (TPSA) is 66.5 Å². The van der Waals surface area contributed by atoms with Gasteiger partial charge in [-0.2, -0.15) is 0 Å². The summed E-state index contributed by atoms with van der Waals surface area (Å²) >= 11 is 5.88. The molecule has 0 aliphatic heterocycles. The first-order chi connectivity index (χ1) is 9.51. The van der Waals surface area contributed by atoms with Gasteiger partial charge < -0.3 is 15.8 Å². The van der Waals surface area contributed by atoms with Crippen LogP contribution in [-0.4, -0.2) is 23.7 Å². The van der Waals surface area contributed by atoms with E-state index in [-0.39, 0.29) is 0 Å². The molecular formula is C15H25BClNO2. The Morgan fingerprint density at radius 3 is 2.35 bits per heavy atom. The van der Waals surface area contributed by atoms with Gasteiger partial charge in [-0.25, -0.2) is 0 Å². The number of hydrogen-bond donors (Lipinski definition) is 3. The van der Waals surface area contributed by atoms with E-state index in [1.807, 2.05) is 12.1 Å². The molecule has 3 nitrogen and oxygen atoms in total. The standard InChI is InChI=1S/C15H25BClNO2/c1-12(8-9-16(19)20)2-3-14(11-18)10-13-4-6-15(17)7-5-13/h4-7,12,14,19-20H,2-3,8-11,18H2,1H3. The third-order valence-corrected chi connectivity index (χ3v) is 4.01. The Bertz CT molecular complexity index is 373. The van der Waals surface area contributed by atoms with Gasteiger partial charge in [0.15, 0.2) is 0 Å². The van der Waals surface area contributed by atoms with Gasteiger partial charge in [-0.1, -0.05) is 43.5 Å². The largest absolute Gasteiger partial charge is 0.451 e. The van der Waals surface area contributed by atoms with Gasteiger partial charge in [0.1, 0.15) is 0 Å². The van der Waals surface area contributed by atoms with E-state index in [4.69, 9.17) is 27.4 Å². The maximum atomic E-state index is 8.87. The van der Waals surface area contributed by atoms with E-state index >= 15 is 0 Å². The zero-order valence-electron chi connectivity index (χ0n) is 12.1. The minimum absolute atomic E-state index is 0.450. The lowest BCUT2D eigenvalue weighted by molar-refractivity contribution is 0.375. The van der Waals surface area contributed by atoms with Crippen molar-refractivity contribution < 1.29 is 10.0 Å². The Hall–Kier alpha value is -0.545. The monoisotopic (exact) mass is 297 g/mol. The van der Waals surface area contributed by atoms with Crippen LogP contribution in [0.5, 0.6) is 0 Å². The molecule has 0 aliphatic carbocycles. The van der Waals surface area contributed by atoms with Crippen molar-refractivity contribution in [2.24, 2.45) is 17.6 Å². The smallest absolute Gasteiger partial charge is 0.427 e. The number of rotatable bonds is 9. The minimum Gasteiger partial charge on any atom is -0.427 e. The van der Waals surface area contributed by atoms with Crippen LogP contribution in [0.25, 0.3) is 0 Å². The fourth-order valence-electron chi connectivity index (χ4n) is 2.36. The van der Waals surface area contributed by atoms with Crippen LogP contribution in [0, 0.1) is 11.8 Å². The van der Waals surface area contributed by atoms with Crippen LogP contribution in [0.2, 0.25) is 11.3 Å². The van der Waals surface area contributed by atoms with Crippen molar-refractivity contribution in [2.75, 3.05) is 6.54 Å². The predicted octanol–water partition coefficient (Wildman–Crippen LogP) is 2.74. The Balaban J connectivity index is 2.33. The zero-order valence-corrected chi connectivity index (χ0v) is 12.9. The molecule has 112 valence electrons. The Morgan fingerprint density at radius 1 is 1.15 bits per heavy atom. The van der Waals surface area contributed by atoms with Gasteiger partial charge in [0.05, 0.1) is 0 Å². The number of hydrogen-bond acceptors (Lipinski definition) is 3. The second kappa shape index (κ2) is 9.40. The van der Waals surface area contributed by atoms with Crippen molar-refractivity contribution in [3.8, 4) is 0 Å². The quantitative estimate of drug-likeness (QED) is 0.614. The van der Waals surface area contributed by atoms with Crippen molar-refractivity contribution in [1.29, 1.82) is 0 Å². The van der Waals surface area contributed by atoms with E-state index in [1.165, 1.54) is 5.56 Å². The number of nitrogens with two attached hydrogens (primary N) is 1. The highest BCUT2D eigenvalue weighted by molar-refractivity contribution is 6.40. The maximum absolute atomic E-state index is 8.87. The average molecular weight is 298 g/mol. The van der Waals surface area contributed by atoms with Crippen LogP contribution < -0.4 is 5.73 Å². The van der Waals surface area contributed by atoms with Crippen LogP contribution in [-0.2, 0) is 6.42 Å². The van der Waals surface area contributed by atoms with Crippen molar-refractivity contribution >= 4 is 18.7 Å². The summed E-state index contributed by atoms with van der Waals surface area (Å²) in [6, 6.07) is 7.93. The molecule has 0 fully saturated rings. The molecule has 0 radical (unpaired) electrons. The molecule has 2 atom stereocenters. The summed E-state index contributed by atoms with van der Waals surface area (Å²) < 4.78 is 0. The Labute approximate surface area is 127 Å². The molecule has 5 heteroatoms. The minimum atomic E-state index is -1.18. The lowest BCUT2D eigenvalue weighted by Gasteiger charge is -2.18. The van der Waals surface area contributed by atoms with Gasteiger partial charge in [-0.15, -0.1) is 0 Å². The maximum Gasteiger partial charge on any atom is 0.451 e. The molecule has 0 saturated carbocycles. The summed E-state index contributed by atoms with van der Waals surface area (Å²) in [5.74, 6) is 0.966. The van der Waals surface area contributed by atoms with Crippen LogP contribution in [0.15, 0.2) is 24.3 Å². The molecule has 20 heavy (non-hydrogen) atoms. The van der Waals surface area contributed by atoms with E-state index < -0.39 is 7.12 Å². The molecule has 1 aromatic carbocycles. The predicted molar refractivity (Wildman–Crippen MR) is 85.7 cm³/mol. The molecule has 1 aromatic rings. The van der Waals surface area contributed by atoms with Crippen molar-refractivity contribution in [2.45, 2.75) is 38.9 Å². The van der Waals surface area contributed by atoms with Gasteiger partial charge in [0, 0.05) is 5.02 Å². The second-order valence-electron chi connectivity index (χ2n) is 5.67. The van der Waals surface area contributed by atoms with Crippen LogP contribution in [0.1, 0.15) is 31.7 Å². The lowest BCUT2D eigenvalue weighted by Crippen LogP contribution is -2.18. The van der Waals surface area contributed by atoms with E-state index in [1.54, 1.807) is 0 Å². The first-order valence-electron chi connectivity index (χ1n) is 7.32. The number of halogens is 1. The lowest BCUT2D eigenvalue weighted by atomic mass is 9.79. The highest BCUT2D eigenvalue weighted by Crippen LogP contribution is 2.20. The van der Waals surface area contributed by atoms with Crippen molar-refractivity contribution in [3.05, 3.63) is 34.9 Å². The van der Waals surface area contributed by atoms with E-state index in [9.17, 15) is 0 Å². The van der Waals surface area contributed by atoms with Gasteiger partial charge in [-0.05, 0) is 55.2 Å². The highest BCUT2D eigenvalue weighted by Gasteiger charge is 2.13. The van der Waals surface area contributed by atoms with E-state index in [0.29, 0.717) is 24.7 Å². The van der Waals surface area contributed by atoms with Gasteiger partial charge in [0.25, 0.3) is 0 Å². The summed E-state index contributed by atoms with van der Waals surface area (Å²) in [5.41, 5.74) is 7.12.